The summed E-state index contributed by atoms with van der Waals surface area (Å²) in [6.45, 7) is 21.4. The van der Waals surface area contributed by atoms with Crippen LogP contribution in [0.15, 0.2) is 55.4 Å². The number of nitrogens with zero attached hydrogens (tertiary/aromatic N) is 3. The van der Waals surface area contributed by atoms with E-state index < -0.39 is 0 Å². The molecule has 1 aliphatic rings. The van der Waals surface area contributed by atoms with Crippen LogP contribution < -0.4 is 15.5 Å². The first-order chi connectivity index (χ1) is 16.9. The molecular weight excluding hydrogens is 434 g/mol. The van der Waals surface area contributed by atoms with Crippen molar-refractivity contribution in [3.63, 3.8) is 0 Å². The van der Waals surface area contributed by atoms with Gasteiger partial charge in [0, 0.05) is 30.5 Å². The summed E-state index contributed by atoms with van der Waals surface area (Å²) in [7, 11) is 0. The van der Waals surface area contributed by atoms with Crippen LogP contribution >= 0.6 is 0 Å². The molecule has 35 heavy (non-hydrogen) atoms. The molecule has 0 saturated carbocycles. The van der Waals surface area contributed by atoms with E-state index in [1.54, 1.807) is 25.3 Å². The maximum atomic E-state index is 11.7. The minimum Gasteiger partial charge on any atom is -0.383 e. The predicted molar refractivity (Wildman–Crippen MR) is 151 cm³/mol. The number of aryl methyl sites for hydroxylation is 1. The summed E-state index contributed by atoms with van der Waals surface area (Å²) in [6, 6.07) is 8.21. The van der Waals surface area contributed by atoms with Gasteiger partial charge in [-0.2, -0.15) is 0 Å². The molecule has 1 atom stereocenters. The van der Waals surface area contributed by atoms with Gasteiger partial charge in [0.1, 0.15) is 11.6 Å². The van der Waals surface area contributed by atoms with Crippen LogP contribution in [0.2, 0.25) is 0 Å². The summed E-state index contributed by atoms with van der Waals surface area (Å²) in [5, 5.41) is 6.50. The monoisotopic (exact) mass is 479 g/mol. The molecule has 2 aromatic heterocycles. The number of rotatable bonds is 10. The quantitative estimate of drug-likeness (QED) is 0.277. The van der Waals surface area contributed by atoms with Crippen LogP contribution in [0.3, 0.4) is 0 Å². The van der Waals surface area contributed by atoms with Crippen molar-refractivity contribution < 1.29 is 4.79 Å². The third kappa shape index (κ3) is 10.3. The molecule has 1 saturated heterocycles. The number of anilines is 3. The maximum Gasteiger partial charge on any atom is 0.163 e. The predicted octanol–water partition coefficient (Wildman–Crippen LogP) is 7.21. The Morgan fingerprint density at radius 3 is 2.37 bits per heavy atom. The largest absolute Gasteiger partial charge is 0.383 e. The smallest absolute Gasteiger partial charge is 0.163 e. The fourth-order valence-corrected chi connectivity index (χ4v) is 3.71. The van der Waals surface area contributed by atoms with Crippen molar-refractivity contribution in [2.45, 2.75) is 79.7 Å². The molecule has 0 aliphatic carbocycles. The Kier molecular flexibility index (Phi) is 14.1. The molecule has 0 spiro atoms. The van der Waals surface area contributed by atoms with Crippen LogP contribution in [0.25, 0.3) is 0 Å². The molecule has 1 fully saturated rings. The molecule has 0 bridgehead atoms. The average Bonchev–Trinajstić information content (AvgIpc) is 3.41. The van der Waals surface area contributed by atoms with Crippen LogP contribution in [0.1, 0.15) is 82.8 Å². The van der Waals surface area contributed by atoms with Crippen LogP contribution in [-0.2, 0) is 0 Å². The first kappa shape index (κ1) is 29.9. The lowest BCUT2D eigenvalue weighted by molar-refractivity contribution is 0.101. The fourth-order valence-electron chi connectivity index (χ4n) is 3.71. The summed E-state index contributed by atoms with van der Waals surface area (Å²) in [4.78, 5) is 22.9. The molecule has 1 aliphatic heterocycles. The van der Waals surface area contributed by atoms with Crippen molar-refractivity contribution in [2.24, 2.45) is 0 Å². The molecule has 2 N–H and O–H groups in total. The first-order valence-corrected chi connectivity index (χ1v) is 12.9. The summed E-state index contributed by atoms with van der Waals surface area (Å²) < 4.78 is 0. The minimum atomic E-state index is -0.00311. The number of ketones is 1. The Balaban J connectivity index is 0.000000401. The summed E-state index contributed by atoms with van der Waals surface area (Å²) in [6.07, 6.45) is 9.60. The third-order valence-corrected chi connectivity index (χ3v) is 5.62. The van der Waals surface area contributed by atoms with Gasteiger partial charge in [-0.15, -0.1) is 0 Å². The van der Waals surface area contributed by atoms with Gasteiger partial charge >= 0.3 is 0 Å². The lowest BCUT2D eigenvalue weighted by atomic mass is 10.1. The molecule has 0 amide bonds. The maximum absolute atomic E-state index is 11.7. The number of hydrogen-bond acceptors (Lipinski definition) is 6. The van der Waals surface area contributed by atoms with Gasteiger partial charge in [0.2, 0.25) is 0 Å². The molecule has 0 radical (unpaired) electrons. The van der Waals surface area contributed by atoms with Gasteiger partial charge in [-0.05, 0) is 69.9 Å². The van der Waals surface area contributed by atoms with Crippen LogP contribution in [0.5, 0.6) is 0 Å². The highest BCUT2D eigenvalue weighted by atomic mass is 16.1. The molecule has 3 rings (SSSR count). The Labute approximate surface area is 213 Å². The van der Waals surface area contributed by atoms with E-state index in [0.29, 0.717) is 17.4 Å². The van der Waals surface area contributed by atoms with Gasteiger partial charge in [-0.25, -0.2) is 9.97 Å². The highest BCUT2D eigenvalue weighted by molar-refractivity contribution is 5.99. The number of pyridine rings is 2. The van der Waals surface area contributed by atoms with E-state index in [0.717, 1.165) is 42.4 Å². The second-order valence-corrected chi connectivity index (χ2v) is 8.40. The van der Waals surface area contributed by atoms with Gasteiger partial charge < -0.3 is 15.5 Å². The number of carbonyl (C=O) groups excluding carboxylic acids is 1. The Hall–Kier alpha value is -3.15. The highest BCUT2D eigenvalue weighted by Gasteiger charge is 2.14. The SMILES string of the molecule is C=CC(=C)N[C@H](CC)CCC.CC.CC(=O)c1ccc(C)nc1Nc1ccc(N2CCCC2)nc1. The van der Waals surface area contributed by atoms with E-state index in [1.165, 1.54) is 25.7 Å². The standard InChI is InChI=1S/C17H20N4O.C10H19N.C2H6/c1-12-5-7-15(13(2)22)17(19-12)20-14-6-8-16(18-11-14)21-9-3-4-10-21;1-5-8-10(7-3)11-9(4)6-2;1-2/h5-8,11H,3-4,9-10H2,1-2H3,(H,19,20);6,10-11H,2,4-5,7-8H2,1,3H3;1-2H3/t;10-;/m.1./s1. The van der Waals surface area contributed by atoms with E-state index >= 15 is 0 Å². The molecule has 6 nitrogen and oxygen atoms in total. The first-order valence-electron chi connectivity index (χ1n) is 12.9. The number of Topliss-reactive ketones (excluding diaryl/α,β-unsaturated/α-hetero) is 1. The Morgan fingerprint density at radius 2 is 1.86 bits per heavy atom. The van der Waals surface area contributed by atoms with Crippen molar-refractivity contribution >= 4 is 23.1 Å². The lowest BCUT2D eigenvalue weighted by Crippen LogP contribution is -2.26. The van der Waals surface area contributed by atoms with Crippen LogP contribution in [0, 0.1) is 6.92 Å². The zero-order valence-electron chi connectivity index (χ0n) is 22.7. The molecule has 0 aromatic carbocycles. The zero-order valence-corrected chi connectivity index (χ0v) is 22.7. The number of carbonyl (C=O) groups is 1. The Bertz CT molecular complexity index is 917. The van der Waals surface area contributed by atoms with Crippen molar-refractivity contribution in [1.82, 2.24) is 15.3 Å². The van der Waals surface area contributed by atoms with Crippen LogP contribution in [-0.4, -0.2) is 34.9 Å². The van der Waals surface area contributed by atoms with Gasteiger partial charge in [0.25, 0.3) is 0 Å². The van der Waals surface area contributed by atoms with E-state index in [2.05, 4.69) is 52.5 Å². The third-order valence-electron chi connectivity index (χ3n) is 5.62. The van der Waals surface area contributed by atoms with E-state index in [9.17, 15) is 4.79 Å². The highest BCUT2D eigenvalue weighted by Crippen LogP contribution is 2.23. The molecule has 192 valence electrons. The fraction of sp³-hybridized carbons (Fsp3) is 0.483. The lowest BCUT2D eigenvalue weighted by Gasteiger charge is -2.16. The van der Waals surface area contributed by atoms with Crippen molar-refractivity contribution in [2.75, 3.05) is 23.3 Å². The molecule has 0 unspecified atom stereocenters. The van der Waals surface area contributed by atoms with Gasteiger partial charge in [-0.3, -0.25) is 4.79 Å². The second kappa shape index (κ2) is 16.5. The van der Waals surface area contributed by atoms with E-state index in [1.807, 2.05) is 39.0 Å². The Morgan fingerprint density at radius 1 is 1.17 bits per heavy atom. The summed E-state index contributed by atoms with van der Waals surface area (Å²) in [5.74, 6) is 1.59. The van der Waals surface area contributed by atoms with E-state index in [4.69, 9.17) is 0 Å². The molecule has 2 aromatic rings. The number of aromatic nitrogens is 2. The molecule has 6 heteroatoms. The van der Waals surface area contributed by atoms with Crippen molar-refractivity contribution in [3.8, 4) is 0 Å². The van der Waals surface area contributed by atoms with Gasteiger partial charge in [0.15, 0.2) is 5.78 Å². The van der Waals surface area contributed by atoms with Crippen molar-refractivity contribution in [1.29, 1.82) is 0 Å². The summed E-state index contributed by atoms with van der Waals surface area (Å²) in [5.41, 5.74) is 3.23. The normalized spacial score (nSPS) is 12.9. The van der Waals surface area contributed by atoms with Crippen molar-refractivity contribution in [3.05, 3.63) is 66.7 Å². The van der Waals surface area contributed by atoms with E-state index in [-0.39, 0.29) is 5.78 Å². The number of nitrogens with one attached hydrogen (secondary N) is 2. The average molecular weight is 480 g/mol. The number of allylic oxidation sites excluding steroid dienone is 1. The topological polar surface area (TPSA) is 70.2 Å². The van der Waals surface area contributed by atoms with Gasteiger partial charge in [0.05, 0.1) is 17.4 Å². The van der Waals surface area contributed by atoms with Gasteiger partial charge in [-0.1, -0.05) is 47.3 Å². The zero-order chi connectivity index (χ0) is 26.2. The minimum absolute atomic E-state index is 0.00311. The van der Waals surface area contributed by atoms with Crippen LogP contribution in [0.4, 0.5) is 17.3 Å². The molecular formula is C29H45N5O. The number of hydrogen-bond donors (Lipinski definition) is 2. The summed E-state index contributed by atoms with van der Waals surface area (Å²) >= 11 is 0. The second-order valence-electron chi connectivity index (χ2n) is 8.40. The molecule has 3 heterocycles.